The SMILES string of the molecule is CCCNC(=O)CN1CCC(NC(=NCC2CCCN(C)C2)NCC)CC1. The molecule has 7 nitrogen and oxygen atoms in total. The van der Waals surface area contributed by atoms with E-state index in [2.05, 4.69) is 46.6 Å². The van der Waals surface area contributed by atoms with Gasteiger partial charge in [-0.15, -0.1) is 0 Å². The van der Waals surface area contributed by atoms with Crippen LogP contribution in [0.25, 0.3) is 0 Å². The van der Waals surface area contributed by atoms with Crippen LogP contribution >= 0.6 is 0 Å². The summed E-state index contributed by atoms with van der Waals surface area (Å²) in [4.78, 5) is 21.4. The molecule has 1 unspecified atom stereocenters. The molecule has 2 rings (SSSR count). The van der Waals surface area contributed by atoms with Gasteiger partial charge in [0.1, 0.15) is 0 Å². The third-order valence-electron chi connectivity index (χ3n) is 5.44. The molecule has 0 aliphatic carbocycles. The lowest BCUT2D eigenvalue weighted by atomic mass is 9.99. The minimum Gasteiger partial charge on any atom is -0.357 e. The number of guanidine groups is 1. The number of hydrogen-bond donors (Lipinski definition) is 3. The van der Waals surface area contributed by atoms with Gasteiger partial charge in [-0.25, -0.2) is 0 Å². The number of nitrogens with one attached hydrogen (secondary N) is 3. The molecule has 1 amide bonds. The Morgan fingerprint density at radius 2 is 1.89 bits per heavy atom. The minimum atomic E-state index is 0.149. The summed E-state index contributed by atoms with van der Waals surface area (Å²) in [5.41, 5.74) is 0. The van der Waals surface area contributed by atoms with Gasteiger partial charge in [0.05, 0.1) is 6.54 Å². The summed E-state index contributed by atoms with van der Waals surface area (Å²) in [6.45, 7) is 11.6. The molecule has 1 atom stereocenters. The average molecular weight is 381 g/mol. The zero-order chi connectivity index (χ0) is 19.5. The molecule has 0 aromatic heterocycles. The van der Waals surface area contributed by atoms with Crippen LogP contribution in [0.1, 0.15) is 46.0 Å². The fourth-order valence-electron chi connectivity index (χ4n) is 3.91. The lowest BCUT2D eigenvalue weighted by Gasteiger charge is -2.33. The van der Waals surface area contributed by atoms with Gasteiger partial charge < -0.3 is 20.9 Å². The second kappa shape index (κ2) is 12.2. The molecule has 156 valence electrons. The summed E-state index contributed by atoms with van der Waals surface area (Å²) in [5.74, 6) is 1.77. The van der Waals surface area contributed by atoms with Crippen LogP contribution in [0.3, 0.4) is 0 Å². The van der Waals surface area contributed by atoms with Crippen molar-refractivity contribution >= 4 is 11.9 Å². The van der Waals surface area contributed by atoms with Gasteiger partial charge in [-0.2, -0.15) is 0 Å². The van der Waals surface area contributed by atoms with Gasteiger partial charge in [-0.3, -0.25) is 14.7 Å². The Bertz CT molecular complexity index is 461. The predicted molar refractivity (Wildman–Crippen MR) is 112 cm³/mol. The van der Waals surface area contributed by atoms with E-state index in [4.69, 9.17) is 4.99 Å². The summed E-state index contributed by atoms with van der Waals surface area (Å²) in [6.07, 6.45) is 5.66. The number of likely N-dealkylation sites (tertiary alicyclic amines) is 2. The Morgan fingerprint density at radius 3 is 2.56 bits per heavy atom. The normalized spacial score (nSPS) is 23.2. The first-order valence-corrected chi connectivity index (χ1v) is 10.8. The number of aliphatic imine (C=N–C) groups is 1. The fourth-order valence-corrected chi connectivity index (χ4v) is 3.91. The molecule has 2 aliphatic heterocycles. The lowest BCUT2D eigenvalue weighted by molar-refractivity contribution is -0.122. The van der Waals surface area contributed by atoms with Crippen molar-refractivity contribution in [3.63, 3.8) is 0 Å². The molecule has 2 fully saturated rings. The predicted octanol–water partition coefficient (Wildman–Crippen LogP) is 0.874. The van der Waals surface area contributed by atoms with Gasteiger partial charge in [-0.05, 0) is 58.5 Å². The Labute approximate surface area is 165 Å². The van der Waals surface area contributed by atoms with Gasteiger partial charge in [-0.1, -0.05) is 6.92 Å². The van der Waals surface area contributed by atoms with E-state index in [-0.39, 0.29) is 5.91 Å². The molecule has 2 heterocycles. The number of piperidine rings is 2. The highest BCUT2D eigenvalue weighted by atomic mass is 16.2. The highest BCUT2D eigenvalue weighted by Crippen LogP contribution is 2.15. The van der Waals surface area contributed by atoms with Crippen LogP contribution in [0.2, 0.25) is 0 Å². The largest absolute Gasteiger partial charge is 0.357 e. The summed E-state index contributed by atoms with van der Waals surface area (Å²) < 4.78 is 0. The van der Waals surface area contributed by atoms with Crippen molar-refractivity contribution in [2.45, 2.75) is 52.0 Å². The van der Waals surface area contributed by atoms with E-state index in [1.165, 1.54) is 19.4 Å². The number of rotatable bonds is 8. The first kappa shape index (κ1) is 22.0. The molecule has 7 heteroatoms. The standard InChI is InChI=1S/C20H40N6O/c1-4-10-22-19(27)16-26-12-8-18(9-13-26)24-20(21-5-2)23-14-17-7-6-11-25(3)15-17/h17-18H,4-16H2,1-3H3,(H,22,27)(H2,21,23,24). The maximum atomic E-state index is 11.9. The quantitative estimate of drug-likeness (QED) is 0.431. The van der Waals surface area contributed by atoms with E-state index in [0.29, 0.717) is 18.5 Å². The number of nitrogens with zero attached hydrogens (tertiary/aromatic N) is 3. The number of carbonyl (C=O) groups excluding carboxylic acids is 1. The third-order valence-corrected chi connectivity index (χ3v) is 5.44. The molecular weight excluding hydrogens is 340 g/mol. The van der Waals surface area contributed by atoms with Crippen molar-refractivity contribution in [2.75, 3.05) is 59.4 Å². The van der Waals surface area contributed by atoms with E-state index in [9.17, 15) is 4.79 Å². The Morgan fingerprint density at radius 1 is 1.11 bits per heavy atom. The van der Waals surface area contributed by atoms with Crippen LogP contribution in [0.15, 0.2) is 4.99 Å². The van der Waals surface area contributed by atoms with Gasteiger partial charge in [0.15, 0.2) is 5.96 Å². The van der Waals surface area contributed by atoms with E-state index in [1.807, 2.05) is 0 Å². The van der Waals surface area contributed by atoms with Crippen LogP contribution in [0.5, 0.6) is 0 Å². The molecule has 3 N–H and O–H groups in total. The number of amides is 1. The van der Waals surface area contributed by atoms with Crippen molar-refractivity contribution in [3.05, 3.63) is 0 Å². The zero-order valence-corrected chi connectivity index (χ0v) is 17.6. The maximum absolute atomic E-state index is 11.9. The summed E-state index contributed by atoms with van der Waals surface area (Å²) in [5, 5.41) is 9.97. The fraction of sp³-hybridized carbons (Fsp3) is 0.900. The van der Waals surface area contributed by atoms with Crippen molar-refractivity contribution in [1.29, 1.82) is 0 Å². The van der Waals surface area contributed by atoms with Crippen LogP contribution < -0.4 is 16.0 Å². The lowest BCUT2D eigenvalue weighted by Crippen LogP contribution is -2.50. The Balaban J connectivity index is 1.73. The molecule has 2 aliphatic rings. The van der Waals surface area contributed by atoms with Crippen molar-refractivity contribution in [1.82, 2.24) is 25.8 Å². The zero-order valence-electron chi connectivity index (χ0n) is 17.6. The third kappa shape index (κ3) is 8.47. The summed E-state index contributed by atoms with van der Waals surface area (Å²) in [7, 11) is 2.20. The second-order valence-electron chi connectivity index (χ2n) is 8.03. The highest BCUT2D eigenvalue weighted by molar-refractivity contribution is 5.80. The van der Waals surface area contributed by atoms with E-state index in [1.54, 1.807) is 0 Å². The van der Waals surface area contributed by atoms with Gasteiger partial charge >= 0.3 is 0 Å². The Hall–Kier alpha value is -1.34. The number of carbonyl (C=O) groups is 1. The highest BCUT2D eigenvalue weighted by Gasteiger charge is 2.22. The summed E-state index contributed by atoms with van der Waals surface area (Å²) >= 11 is 0. The molecule has 27 heavy (non-hydrogen) atoms. The first-order chi connectivity index (χ1) is 13.1. The summed E-state index contributed by atoms with van der Waals surface area (Å²) in [6, 6.07) is 0.437. The van der Waals surface area contributed by atoms with Gasteiger partial charge in [0.25, 0.3) is 0 Å². The molecule has 0 radical (unpaired) electrons. The Kier molecular flexibility index (Phi) is 9.91. The van der Waals surface area contributed by atoms with Crippen LogP contribution in [-0.2, 0) is 4.79 Å². The van der Waals surface area contributed by atoms with Crippen molar-refractivity contribution < 1.29 is 4.79 Å². The minimum absolute atomic E-state index is 0.149. The average Bonchev–Trinajstić information content (AvgIpc) is 2.66. The second-order valence-corrected chi connectivity index (χ2v) is 8.03. The van der Waals surface area contributed by atoms with E-state index in [0.717, 1.165) is 64.5 Å². The molecule has 0 aromatic carbocycles. The number of hydrogen-bond acceptors (Lipinski definition) is 4. The van der Waals surface area contributed by atoms with E-state index >= 15 is 0 Å². The van der Waals surface area contributed by atoms with Crippen LogP contribution in [0.4, 0.5) is 0 Å². The van der Waals surface area contributed by atoms with Crippen molar-refractivity contribution in [2.24, 2.45) is 10.9 Å². The molecule has 0 aromatic rings. The first-order valence-electron chi connectivity index (χ1n) is 10.8. The van der Waals surface area contributed by atoms with Crippen LogP contribution in [-0.4, -0.2) is 87.1 Å². The van der Waals surface area contributed by atoms with Crippen LogP contribution in [0, 0.1) is 5.92 Å². The van der Waals surface area contributed by atoms with Gasteiger partial charge in [0.2, 0.25) is 5.91 Å². The van der Waals surface area contributed by atoms with Crippen molar-refractivity contribution in [3.8, 4) is 0 Å². The monoisotopic (exact) mass is 380 g/mol. The van der Waals surface area contributed by atoms with E-state index < -0.39 is 0 Å². The smallest absolute Gasteiger partial charge is 0.234 e. The topological polar surface area (TPSA) is 72.0 Å². The maximum Gasteiger partial charge on any atom is 0.234 e. The molecular formula is C20H40N6O. The molecule has 2 saturated heterocycles. The molecule has 0 spiro atoms. The van der Waals surface area contributed by atoms with Gasteiger partial charge in [0, 0.05) is 45.3 Å². The molecule has 0 saturated carbocycles. The molecule has 0 bridgehead atoms.